The summed E-state index contributed by atoms with van der Waals surface area (Å²) in [5.74, 6) is 1.03. The summed E-state index contributed by atoms with van der Waals surface area (Å²) in [5, 5.41) is 12.6. The number of nitrogens with one attached hydrogen (secondary N) is 2. The van der Waals surface area contributed by atoms with Crippen LogP contribution >= 0.6 is 11.8 Å². The zero-order chi connectivity index (χ0) is 21.0. The maximum atomic E-state index is 12.4. The van der Waals surface area contributed by atoms with Crippen LogP contribution in [-0.2, 0) is 11.2 Å². The largest absolute Gasteiger partial charge is 0.444 e. The molecule has 1 amide bonds. The van der Waals surface area contributed by atoms with Crippen LogP contribution in [0.3, 0.4) is 0 Å². The molecule has 8 heteroatoms. The molecule has 0 fully saturated rings. The van der Waals surface area contributed by atoms with E-state index in [1.165, 1.54) is 11.8 Å². The van der Waals surface area contributed by atoms with E-state index in [9.17, 15) is 4.79 Å². The van der Waals surface area contributed by atoms with Gasteiger partial charge in [0.2, 0.25) is 5.89 Å². The van der Waals surface area contributed by atoms with Crippen LogP contribution in [0, 0.1) is 0 Å². The van der Waals surface area contributed by atoms with Gasteiger partial charge in [-0.25, -0.2) is 4.79 Å². The minimum absolute atomic E-state index is 0.338. The Morgan fingerprint density at radius 1 is 1.34 bits per heavy atom. The Morgan fingerprint density at radius 2 is 2.10 bits per heavy atom. The van der Waals surface area contributed by atoms with Gasteiger partial charge in [0.1, 0.15) is 11.6 Å². The van der Waals surface area contributed by atoms with Crippen molar-refractivity contribution in [1.29, 1.82) is 0 Å². The van der Waals surface area contributed by atoms with E-state index in [0.29, 0.717) is 23.3 Å². The van der Waals surface area contributed by atoms with Crippen molar-refractivity contribution in [2.45, 2.75) is 51.0 Å². The fraction of sp³-hybridized carbons (Fsp3) is 0.381. The average molecular weight is 415 g/mol. The summed E-state index contributed by atoms with van der Waals surface area (Å²) in [5.41, 5.74) is 2.47. The molecule has 1 unspecified atom stereocenters. The molecule has 0 saturated heterocycles. The molecule has 2 N–H and O–H groups in total. The van der Waals surface area contributed by atoms with Gasteiger partial charge in [-0.1, -0.05) is 42.1 Å². The van der Waals surface area contributed by atoms with Gasteiger partial charge in [-0.05, 0) is 39.3 Å². The Labute approximate surface area is 174 Å². The van der Waals surface area contributed by atoms with E-state index >= 15 is 0 Å². The first-order valence-electron chi connectivity index (χ1n) is 9.36. The number of carbonyl (C=O) groups excluding carboxylic acids is 1. The van der Waals surface area contributed by atoms with E-state index in [-0.39, 0.29) is 0 Å². The number of rotatable bonds is 7. The monoisotopic (exact) mass is 414 g/mol. The first-order valence-corrected chi connectivity index (χ1v) is 10.3. The Morgan fingerprint density at radius 3 is 2.83 bits per heavy atom. The molecular formula is C21H26N4O3S. The van der Waals surface area contributed by atoms with Crippen LogP contribution in [0.4, 0.5) is 4.79 Å². The second-order valence-corrected chi connectivity index (χ2v) is 8.84. The number of alkyl carbamates (subject to hydrolysis) is 1. The van der Waals surface area contributed by atoms with E-state index in [1.54, 1.807) is 0 Å². The van der Waals surface area contributed by atoms with Crippen LogP contribution in [0.2, 0.25) is 0 Å². The van der Waals surface area contributed by atoms with Crippen LogP contribution in [0.15, 0.2) is 52.3 Å². The van der Waals surface area contributed by atoms with Gasteiger partial charge in [-0.3, -0.25) is 0 Å². The Balaban J connectivity index is 1.83. The predicted octanol–water partition coefficient (Wildman–Crippen LogP) is 5.03. The third-order valence-electron chi connectivity index (χ3n) is 3.95. The highest BCUT2D eigenvalue weighted by Crippen LogP contribution is 2.27. The second kappa shape index (κ2) is 8.73. The molecule has 0 radical (unpaired) electrons. The average Bonchev–Trinajstić information content (AvgIpc) is 3.25. The van der Waals surface area contributed by atoms with Crippen molar-refractivity contribution in [3.63, 3.8) is 0 Å². The number of thioether (sulfide) groups is 1. The van der Waals surface area contributed by atoms with Gasteiger partial charge in [0.15, 0.2) is 0 Å². The van der Waals surface area contributed by atoms with Gasteiger partial charge in [-0.15, -0.1) is 10.2 Å². The lowest BCUT2D eigenvalue weighted by Gasteiger charge is -2.22. The molecule has 3 rings (SSSR count). The number of aromatic amines is 1. The lowest BCUT2D eigenvalue weighted by atomic mass is 10.1. The summed E-state index contributed by atoms with van der Waals surface area (Å²) in [6.07, 6.45) is 1.88. The Kier molecular flexibility index (Phi) is 6.32. The highest BCUT2D eigenvalue weighted by atomic mass is 32.2. The van der Waals surface area contributed by atoms with Gasteiger partial charge in [-0.2, -0.15) is 0 Å². The number of nitrogens with zero attached hydrogens (tertiary/aromatic N) is 2. The number of para-hydroxylation sites is 1. The first kappa shape index (κ1) is 21.0. The fourth-order valence-electron chi connectivity index (χ4n) is 2.77. The van der Waals surface area contributed by atoms with Gasteiger partial charge in [0.05, 0.1) is 0 Å². The van der Waals surface area contributed by atoms with E-state index in [1.807, 2.05) is 58.2 Å². The van der Waals surface area contributed by atoms with E-state index in [0.717, 1.165) is 22.0 Å². The number of amides is 1. The number of aromatic nitrogens is 3. The number of fused-ring (bicyclic) bond motifs is 1. The van der Waals surface area contributed by atoms with E-state index < -0.39 is 17.7 Å². The molecule has 7 nitrogen and oxygen atoms in total. The fourth-order valence-corrected chi connectivity index (χ4v) is 3.39. The molecule has 1 aromatic carbocycles. The van der Waals surface area contributed by atoms with Gasteiger partial charge < -0.3 is 19.5 Å². The zero-order valence-electron chi connectivity index (χ0n) is 17.1. The third-order valence-corrected chi connectivity index (χ3v) is 5.00. The van der Waals surface area contributed by atoms with Crippen LogP contribution in [0.1, 0.15) is 45.2 Å². The molecule has 0 aliphatic carbocycles. The van der Waals surface area contributed by atoms with E-state index in [2.05, 4.69) is 27.1 Å². The summed E-state index contributed by atoms with van der Waals surface area (Å²) >= 11 is 1.42. The summed E-state index contributed by atoms with van der Waals surface area (Å²) in [6, 6.07) is 7.48. The van der Waals surface area contributed by atoms with Crippen LogP contribution in [0.25, 0.3) is 10.9 Å². The molecular weight excluding hydrogens is 388 g/mol. The molecule has 0 saturated carbocycles. The van der Waals surface area contributed by atoms with Gasteiger partial charge >= 0.3 is 6.09 Å². The van der Waals surface area contributed by atoms with Crippen molar-refractivity contribution in [1.82, 2.24) is 20.5 Å². The molecule has 0 aliphatic heterocycles. The SMILES string of the molecule is C=C(C)CSc1nnc(C(Cc2c[nH]c3ccccc23)NC(=O)OC(C)(C)C)o1. The Hall–Kier alpha value is -2.74. The number of benzene rings is 1. The highest BCUT2D eigenvalue weighted by molar-refractivity contribution is 7.99. The van der Waals surface area contributed by atoms with Crippen molar-refractivity contribution in [2.75, 3.05) is 5.75 Å². The topological polar surface area (TPSA) is 93.0 Å². The molecule has 154 valence electrons. The smallest absolute Gasteiger partial charge is 0.408 e. The molecule has 2 aromatic heterocycles. The normalized spacial score (nSPS) is 12.7. The maximum Gasteiger partial charge on any atom is 0.408 e. The summed E-state index contributed by atoms with van der Waals surface area (Å²) < 4.78 is 11.2. The lowest BCUT2D eigenvalue weighted by Crippen LogP contribution is -2.36. The van der Waals surface area contributed by atoms with Crippen molar-refractivity contribution < 1.29 is 13.9 Å². The number of ether oxygens (including phenoxy) is 1. The molecule has 29 heavy (non-hydrogen) atoms. The van der Waals surface area contributed by atoms with Crippen LogP contribution in [0.5, 0.6) is 0 Å². The summed E-state index contributed by atoms with van der Waals surface area (Å²) in [4.78, 5) is 15.7. The standard InChI is InChI=1S/C21H26N4O3S/c1-13(2)12-29-20-25-24-18(27-20)17(23-19(26)28-21(3,4)5)10-14-11-22-16-9-7-6-8-15(14)16/h6-9,11,17,22H,1,10,12H2,2-5H3,(H,23,26). The quantitative estimate of drug-likeness (QED) is 0.416. The van der Waals surface area contributed by atoms with Crippen molar-refractivity contribution >= 4 is 28.8 Å². The van der Waals surface area contributed by atoms with Crippen LogP contribution in [-0.4, -0.2) is 32.6 Å². The van der Waals surface area contributed by atoms with Gasteiger partial charge in [0.25, 0.3) is 5.22 Å². The third kappa shape index (κ3) is 5.87. The van der Waals surface area contributed by atoms with Crippen molar-refractivity contribution in [2.24, 2.45) is 0 Å². The van der Waals surface area contributed by atoms with Gasteiger partial charge in [0, 0.05) is 29.3 Å². The minimum atomic E-state index is -0.604. The Bertz CT molecular complexity index is 1000. The number of hydrogen-bond donors (Lipinski definition) is 2. The maximum absolute atomic E-state index is 12.4. The lowest BCUT2D eigenvalue weighted by molar-refractivity contribution is 0.0494. The summed E-state index contributed by atoms with van der Waals surface area (Å²) in [6.45, 7) is 11.3. The minimum Gasteiger partial charge on any atom is -0.444 e. The second-order valence-electron chi connectivity index (χ2n) is 7.91. The molecule has 0 aliphatic rings. The molecule has 3 aromatic rings. The number of carbonyl (C=O) groups is 1. The van der Waals surface area contributed by atoms with Crippen molar-refractivity contribution in [3.05, 3.63) is 54.1 Å². The highest BCUT2D eigenvalue weighted by Gasteiger charge is 2.26. The van der Waals surface area contributed by atoms with Crippen LogP contribution < -0.4 is 5.32 Å². The molecule has 1 atom stereocenters. The predicted molar refractivity (Wildman–Crippen MR) is 114 cm³/mol. The first-order chi connectivity index (χ1) is 13.7. The molecule has 0 bridgehead atoms. The van der Waals surface area contributed by atoms with Crippen molar-refractivity contribution in [3.8, 4) is 0 Å². The van der Waals surface area contributed by atoms with E-state index in [4.69, 9.17) is 9.15 Å². The number of hydrogen-bond acceptors (Lipinski definition) is 6. The molecule has 2 heterocycles. The zero-order valence-corrected chi connectivity index (χ0v) is 17.9. The molecule has 0 spiro atoms. The summed E-state index contributed by atoms with van der Waals surface area (Å²) in [7, 11) is 0. The number of H-pyrrole nitrogens is 1.